The van der Waals surface area contributed by atoms with Gasteiger partial charge in [0.2, 0.25) is 0 Å². The minimum atomic E-state index is -0.898. The number of ketones is 1. The van der Waals surface area contributed by atoms with E-state index in [0.29, 0.717) is 42.3 Å². The average Bonchev–Trinajstić information content (AvgIpc) is 3.35. The summed E-state index contributed by atoms with van der Waals surface area (Å²) in [7, 11) is 0. The molecule has 7 nitrogen and oxygen atoms in total. The molecule has 3 N–H and O–H groups in total. The zero-order valence-electron chi connectivity index (χ0n) is 32.9. The predicted octanol–water partition coefficient (Wildman–Crippen LogP) is 9.18. The van der Waals surface area contributed by atoms with Crippen LogP contribution in [0.1, 0.15) is 132 Å². The highest BCUT2D eigenvalue weighted by molar-refractivity contribution is 6.30. The Morgan fingerprint density at radius 3 is 2.25 bits per heavy atom. The van der Waals surface area contributed by atoms with Gasteiger partial charge >= 0.3 is 11.9 Å². The van der Waals surface area contributed by atoms with E-state index in [9.17, 15) is 24.6 Å². The zero-order valence-corrected chi connectivity index (χ0v) is 33.7. The Morgan fingerprint density at radius 1 is 0.942 bits per heavy atom. The summed E-state index contributed by atoms with van der Waals surface area (Å²) in [6, 6.07) is 7.79. The number of aliphatic carboxylic acids is 1. The van der Waals surface area contributed by atoms with Crippen LogP contribution in [0, 0.1) is 56.7 Å². The summed E-state index contributed by atoms with van der Waals surface area (Å²) in [5, 5.41) is 25.6. The van der Waals surface area contributed by atoms with Crippen molar-refractivity contribution in [2.75, 3.05) is 6.54 Å². The van der Waals surface area contributed by atoms with Crippen molar-refractivity contribution in [1.29, 1.82) is 0 Å². The number of carbonyl (C=O) groups excluding carboxylic acids is 2. The maximum atomic E-state index is 14.0. The molecule has 5 aliphatic carbocycles. The van der Waals surface area contributed by atoms with E-state index in [0.717, 1.165) is 62.5 Å². The summed E-state index contributed by atoms with van der Waals surface area (Å²) < 4.78 is 6.24. The van der Waals surface area contributed by atoms with Crippen molar-refractivity contribution in [3.05, 3.63) is 46.0 Å². The van der Waals surface area contributed by atoms with Crippen LogP contribution in [0.5, 0.6) is 0 Å². The van der Waals surface area contributed by atoms with E-state index in [2.05, 4.69) is 46.9 Å². The van der Waals surface area contributed by atoms with Gasteiger partial charge in [0.1, 0.15) is 6.10 Å². The second-order valence-electron chi connectivity index (χ2n) is 19.7. The van der Waals surface area contributed by atoms with Crippen molar-refractivity contribution in [3.8, 4) is 0 Å². The highest BCUT2D eigenvalue weighted by atomic mass is 35.5. The number of allylic oxidation sites excluding steroid dienone is 1. The monoisotopic (exact) mass is 737 g/mol. The first-order chi connectivity index (χ1) is 24.2. The van der Waals surface area contributed by atoms with Crippen molar-refractivity contribution < 1.29 is 29.3 Å². The van der Waals surface area contributed by atoms with Crippen molar-refractivity contribution in [3.63, 3.8) is 0 Å². The minimum absolute atomic E-state index is 0.0557. The summed E-state index contributed by atoms with van der Waals surface area (Å²) in [6.45, 7) is 18.7. The van der Waals surface area contributed by atoms with Crippen LogP contribution in [0.2, 0.25) is 5.02 Å². The van der Waals surface area contributed by atoms with Gasteiger partial charge in [0.05, 0.1) is 18.9 Å². The molecule has 1 aromatic carbocycles. The Morgan fingerprint density at radius 2 is 1.60 bits per heavy atom. The predicted molar refractivity (Wildman–Crippen MR) is 205 cm³/mol. The van der Waals surface area contributed by atoms with Gasteiger partial charge < -0.3 is 20.3 Å². The number of rotatable bonds is 11. The Balaban J connectivity index is 1.21. The number of esters is 1. The summed E-state index contributed by atoms with van der Waals surface area (Å²) in [4.78, 5) is 38.5. The number of ether oxygens (including phenoxy) is 1. The number of aliphatic hydroxyl groups excluding tert-OH is 1. The lowest BCUT2D eigenvalue weighted by molar-refractivity contribution is -0.205. The van der Waals surface area contributed by atoms with Crippen molar-refractivity contribution in [2.24, 2.45) is 56.7 Å². The van der Waals surface area contributed by atoms with Crippen LogP contribution >= 0.6 is 11.6 Å². The van der Waals surface area contributed by atoms with Crippen LogP contribution in [0.25, 0.3) is 0 Å². The van der Waals surface area contributed by atoms with Crippen molar-refractivity contribution >= 4 is 29.3 Å². The van der Waals surface area contributed by atoms with Gasteiger partial charge in [-0.25, -0.2) is 0 Å². The highest BCUT2D eigenvalue weighted by Crippen LogP contribution is 2.73. The van der Waals surface area contributed by atoms with Gasteiger partial charge in [-0.05, 0) is 120 Å². The molecule has 0 heterocycles. The fourth-order valence-corrected chi connectivity index (χ4v) is 13.1. The van der Waals surface area contributed by atoms with Crippen LogP contribution in [-0.4, -0.2) is 46.7 Å². The molecule has 5 aliphatic rings. The fraction of sp³-hybridized carbons (Fsp3) is 0.750. The topological polar surface area (TPSA) is 113 Å². The van der Waals surface area contributed by atoms with Gasteiger partial charge in [-0.1, -0.05) is 84.7 Å². The molecule has 8 heteroatoms. The number of hydrogen-bond acceptors (Lipinski definition) is 6. The molecule has 0 aromatic heterocycles. The van der Waals surface area contributed by atoms with E-state index < -0.39 is 22.9 Å². The first-order valence-electron chi connectivity index (χ1n) is 20.1. The number of benzene rings is 1. The molecule has 52 heavy (non-hydrogen) atoms. The lowest BCUT2D eigenvalue weighted by atomic mass is 9.37. The number of carboxylic acids is 1. The van der Waals surface area contributed by atoms with E-state index in [1.807, 2.05) is 38.1 Å². The van der Waals surface area contributed by atoms with Crippen LogP contribution in [0.4, 0.5) is 0 Å². The van der Waals surface area contributed by atoms with Gasteiger partial charge in [0, 0.05) is 35.4 Å². The fourth-order valence-electron chi connectivity index (χ4n) is 13.0. The summed E-state index contributed by atoms with van der Waals surface area (Å²) in [5.74, 6) is 0.968. The van der Waals surface area contributed by atoms with E-state index in [1.54, 1.807) is 0 Å². The summed E-state index contributed by atoms with van der Waals surface area (Å²) >= 11 is 6.10. The average molecular weight is 738 g/mol. The van der Waals surface area contributed by atoms with Crippen LogP contribution in [0.3, 0.4) is 0 Å². The standard InChI is InChI=1S/C44H64ClNO6/c1-26(2)38-32(47)21-44(34(48)25-46-24-27-9-11-28(45)12-10-27)20-19-42(7)29-15-16-33-41(5,6)35(52-37(51)23-40(3,4)22-36(49)50)17-18-43(33,8)30(29)13-14-31(42)39(38)44/h9-12,26,29-31,33-35,46,48H,13-25H2,1-8H3,(H,49,50)/t29-,30+,31-,33+,34-,35+,42+,43-,44+/m1/s1. The van der Waals surface area contributed by atoms with Crippen LogP contribution in [0.15, 0.2) is 35.4 Å². The van der Waals surface area contributed by atoms with E-state index in [-0.39, 0.29) is 58.8 Å². The number of hydrogen-bond donors (Lipinski definition) is 3. The molecule has 4 saturated carbocycles. The molecule has 288 valence electrons. The Kier molecular flexibility index (Phi) is 10.7. The maximum Gasteiger partial charge on any atom is 0.306 e. The third-order valence-corrected chi connectivity index (χ3v) is 15.6. The highest BCUT2D eigenvalue weighted by Gasteiger charge is 2.67. The quantitative estimate of drug-likeness (QED) is 0.194. The Hall–Kier alpha value is -2.22. The molecule has 0 radical (unpaired) electrons. The van der Waals surface area contributed by atoms with Gasteiger partial charge in [-0.3, -0.25) is 14.4 Å². The van der Waals surface area contributed by atoms with Gasteiger partial charge in [-0.2, -0.15) is 0 Å². The molecule has 0 amide bonds. The molecule has 0 unspecified atom stereocenters. The second kappa shape index (κ2) is 14.1. The molecule has 1 aromatic rings. The normalized spacial score (nSPS) is 36.1. The lowest BCUT2D eigenvalue weighted by Gasteiger charge is -2.68. The largest absolute Gasteiger partial charge is 0.481 e. The summed E-state index contributed by atoms with van der Waals surface area (Å²) in [6.07, 6.45) is 7.70. The Bertz CT molecular complexity index is 1580. The van der Waals surface area contributed by atoms with Gasteiger partial charge in [-0.15, -0.1) is 0 Å². The smallest absolute Gasteiger partial charge is 0.306 e. The third-order valence-electron chi connectivity index (χ3n) is 15.4. The molecule has 0 bridgehead atoms. The van der Waals surface area contributed by atoms with Crippen LogP contribution < -0.4 is 5.32 Å². The number of aliphatic hydroxyl groups is 1. The SMILES string of the molecule is CC(C)C1=C2[C@H]3CC[C@H]4[C@@H](CC[C@H]5C(C)(C)[C@@H](OC(=O)CC(C)(C)CC(=O)O)CC[C@]45C)[C@]3(C)CC[C@@]2([C@H](O)CNCc2ccc(Cl)cc2)CC1=O. The van der Waals surface area contributed by atoms with Gasteiger partial charge in [0.15, 0.2) is 5.78 Å². The molecule has 4 fully saturated rings. The number of halogens is 1. The zero-order chi connectivity index (χ0) is 38.0. The van der Waals surface area contributed by atoms with E-state index >= 15 is 0 Å². The molecule has 9 atom stereocenters. The second-order valence-corrected chi connectivity index (χ2v) is 20.2. The molecular weight excluding hydrogens is 674 g/mol. The molecule has 0 aliphatic heterocycles. The molecule has 0 spiro atoms. The van der Waals surface area contributed by atoms with E-state index in [4.69, 9.17) is 16.3 Å². The maximum absolute atomic E-state index is 14.0. The molecular formula is C44H64ClNO6. The first kappa shape index (κ1) is 39.5. The molecule has 0 saturated heterocycles. The number of carbonyl (C=O) groups is 3. The summed E-state index contributed by atoms with van der Waals surface area (Å²) in [5.41, 5.74) is 2.23. The lowest BCUT2D eigenvalue weighted by Crippen LogP contribution is -2.62. The van der Waals surface area contributed by atoms with Crippen molar-refractivity contribution in [1.82, 2.24) is 5.32 Å². The minimum Gasteiger partial charge on any atom is -0.481 e. The number of fused-ring (bicyclic) bond motifs is 7. The van der Waals surface area contributed by atoms with Gasteiger partial charge in [0.25, 0.3) is 0 Å². The number of nitrogens with one attached hydrogen (secondary N) is 1. The number of carboxylic acid groups (broad SMARTS) is 1. The molecule has 6 rings (SSSR count). The van der Waals surface area contributed by atoms with E-state index in [1.165, 1.54) is 5.57 Å². The Labute approximate surface area is 317 Å². The third kappa shape index (κ3) is 6.82. The number of Topliss-reactive ketones (excluding diaryl/α,β-unsaturated/α-hetero) is 1. The first-order valence-corrected chi connectivity index (χ1v) is 20.5. The van der Waals surface area contributed by atoms with Crippen molar-refractivity contribution in [2.45, 2.75) is 145 Å². The van der Waals surface area contributed by atoms with Crippen LogP contribution in [-0.2, 0) is 25.7 Å².